The van der Waals surface area contributed by atoms with Crippen molar-refractivity contribution in [2.75, 3.05) is 0 Å². The molecule has 9 heteroatoms. The smallest absolute Gasteiger partial charge is 0.358 e. The fourth-order valence-electron chi connectivity index (χ4n) is 3.90. The number of aliphatic imine (C=N–C) groups is 1. The number of fused-ring (bicyclic) bond motifs is 1. The molecule has 40 heavy (non-hydrogen) atoms. The van der Waals surface area contributed by atoms with E-state index in [4.69, 9.17) is 11.6 Å². The quantitative estimate of drug-likeness (QED) is 0.133. The molecule has 216 valence electrons. The molecule has 2 aromatic carbocycles. The van der Waals surface area contributed by atoms with Crippen LogP contribution in [0.15, 0.2) is 58.7 Å². The summed E-state index contributed by atoms with van der Waals surface area (Å²) in [6.45, 7) is 8.73. The number of hydrogen-bond acceptors (Lipinski definition) is 1. The molecule has 0 saturated carbocycles. The van der Waals surface area contributed by atoms with Gasteiger partial charge in [0.2, 0.25) is 0 Å². The summed E-state index contributed by atoms with van der Waals surface area (Å²) in [5.74, 6) is -2.05. The number of unbranched alkanes of at least 4 members (excludes halogenated alkanes) is 1. The van der Waals surface area contributed by atoms with Crippen LogP contribution in [0.2, 0.25) is 5.02 Å². The van der Waals surface area contributed by atoms with E-state index in [2.05, 4.69) is 23.0 Å². The van der Waals surface area contributed by atoms with Crippen molar-refractivity contribution < 1.29 is 53.1 Å². The zero-order valence-electron chi connectivity index (χ0n) is 23.7. The Labute approximate surface area is 263 Å². The van der Waals surface area contributed by atoms with E-state index >= 15 is 0 Å². The van der Waals surface area contributed by atoms with Crippen LogP contribution in [0.5, 0.6) is 0 Å². The Balaban J connectivity index is 0.000000829. The van der Waals surface area contributed by atoms with Crippen molar-refractivity contribution >= 4 is 28.7 Å². The first-order valence-corrected chi connectivity index (χ1v) is 12.9. The maximum absolute atomic E-state index is 14.2. The van der Waals surface area contributed by atoms with Gasteiger partial charge in [-0.25, -0.2) is 4.39 Å². The number of benzene rings is 2. The fraction of sp³-hybridized carbons (Fsp3) is 0.355. The molecule has 0 aliphatic carbocycles. The van der Waals surface area contributed by atoms with Crippen molar-refractivity contribution in [3.05, 3.63) is 101 Å². The van der Waals surface area contributed by atoms with E-state index in [1.165, 1.54) is 12.3 Å². The van der Waals surface area contributed by atoms with Crippen molar-refractivity contribution in [1.82, 2.24) is 4.98 Å². The van der Waals surface area contributed by atoms with Crippen molar-refractivity contribution in [1.29, 1.82) is 0 Å². The minimum atomic E-state index is -4.26. The van der Waals surface area contributed by atoms with E-state index in [9.17, 15) is 22.0 Å². The number of rotatable bonds is 8. The molecule has 0 aliphatic heterocycles. The van der Waals surface area contributed by atoms with Gasteiger partial charge in [-0.2, -0.15) is 25.3 Å². The summed E-state index contributed by atoms with van der Waals surface area (Å²) in [6, 6.07) is 11.0. The molecule has 0 spiro atoms. The van der Waals surface area contributed by atoms with Crippen molar-refractivity contribution in [2.24, 2.45) is 4.99 Å². The van der Waals surface area contributed by atoms with E-state index in [0.717, 1.165) is 66.5 Å². The summed E-state index contributed by atoms with van der Waals surface area (Å²) in [5, 5.41) is 1.73. The van der Waals surface area contributed by atoms with E-state index in [1.54, 1.807) is 13.0 Å². The van der Waals surface area contributed by atoms with Gasteiger partial charge in [-0.15, -0.1) is 11.6 Å². The molecular weight excluding hydrogens is 769 g/mol. The van der Waals surface area contributed by atoms with Gasteiger partial charge in [0.1, 0.15) is 0 Å². The Morgan fingerprint density at radius 3 is 2.42 bits per heavy atom. The van der Waals surface area contributed by atoms with Crippen LogP contribution < -0.4 is 0 Å². The molecule has 1 heterocycles. The summed E-state index contributed by atoms with van der Waals surface area (Å²) in [7, 11) is 0. The summed E-state index contributed by atoms with van der Waals surface area (Å²) in [6.07, 6.45) is 3.51. The third-order valence-corrected chi connectivity index (χ3v) is 6.28. The first-order chi connectivity index (χ1) is 17.9. The molecule has 0 amide bonds. The maximum atomic E-state index is 14.2. The molecule has 3 rings (SSSR count). The Morgan fingerprint density at radius 1 is 1.15 bits per heavy atom. The van der Waals surface area contributed by atoms with Gasteiger partial charge in [-0.05, 0) is 62.9 Å². The van der Waals surface area contributed by atoms with Gasteiger partial charge >= 0.3 is 37.3 Å². The van der Waals surface area contributed by atoms with Crippen LogP contribution in [0.25, 0.3) is 10.9 Å². The molecule has 0 bridgehead atoms. The maximum Gasteiger partial charge on any atom is 2.00 e. The topological polar surface area (TPSA) is 28.1 Å². The van der Waals surface area contributed by atoms with E-state index in [-0.39, 0.29) is 44.5 Å². The number of halogens is 6. The standard InChI is InChI=1S/C20H19ClF2N.C10H14F3N.CH3.U/c1-3-4-6-15-16-11-13(21)9-10-18(16)24-20(15)12(2)14-7-5-8-17(22)19(14)23;1-4-5-9(3)14-7-6-8(2)10(11,12)13;;/h5,7,9-12,24H,3-4,6H2,1-2H3;5-7H,4H2,1-3H3;1H3;/q-1;;-1;+2/b;8-6+,9-5+,14-7+;;. The van der Waals surface area contributed by atoms with E-state index in [1.807, 2.05) is 38.1 Å². The van der Waals surface area contributed by atoms with E-state index in [0.29, 0.717) is 10.6 Å². The molecule has 1 N–H and O–H groups in total. The first-order valence-electron chi connectivity index (χ1n) is 12.5. The minimum absolute atomic E-state index is 0. The molecule has 0 saturated heterocycles. The number of H-pyrrole nitrogens is 1. The van der Waals surface area contributed by atoms with Crippen LogP contribution in [-0.2, 0) is 6.42 Å². The van der Waals surface area contributed by atoms with Crippen LogP contribution in [0.1, 0.15) is 76.6 Å². The molecular formula is C31H36ClF5N2U. The molecule has 3 aromatic rings. The molecule has 2 nitrogen and oxygen atoms in total. The molecule has 0 aliphatic rings. The summed E-state index contributed by atoms with van der Waals surface area (Å²) < 4.78 is 63.7. The van der Waals surface area contributed by atoms with E-state index < -0.39 is 23.4 Å². The first kappa shape index (κ1) is 38.1. The second-order valence-corrected chi connectivity index (χ2v) is 9.41. The van der Waals surface area contributed by atoms with Crippen LogP contribution >= 0.6 is 11.6 Å². The molecule has 1 aromatic heterocycles. The third kappa shape index (κ3) is 10.8. The number of allylic oxidation sites excluding steroid dienone is 4. The largest absolute Gasteiger partial charge is 2.00 e. The number of alkyl halides is 3. The monoisotopic (exact) mass is 804 g/mol. The van der Waals surface area contributed by atoms with Gasteiger partial charge in [-0.3, -0.25) is 9.38 Å². The van der Waals surface area contributed by atoms with Gasteiger partial charge in [0.15, 0.2) is 0 Å². The number of nitrogens with zero attached hydrogens (tertiary/aromatic N) is 1. The van der Waals surface area contributed by atoms with Crippen molar-refractivity contribution in [3.8, 4) is 0 Å². The third-order valence-electron chi connectivity index (χ3n) is 6.05. The van der Waals surface area contributed by atoms with Gasteiger partial charge in [0.05, 0.1) is 0 Å². The summed E-state index contributed by atoms with van der Waals surface area (Å²) in [5.41, 5.74) is 3.43. The zero-order chi connectivity index (χ0) is 28.5. The van der Waals surface area contributed by atoms with Crippen LogP contribution in [0.4, 0.5) is 22.0 Å². The Bertz CT molecular complexity index is 1310. The molecule has 0 fully saturated rings. The average Bonchev–Trinajstić information content (AvgIpc) is 3.21. The number of aromatic amines is 1. The van der Waals surface area contributed by atoms with Gasteiger partial charge in [0.25, 0.3) is 0 Å². The minimum Gasteiger partial charge on any atom is -0.358 e. The van der Waals surface area contributed by atoms with Crippen LogP contribution in [0.3, 0.4) is 0 Å². The van der Waals surface area contributed by atoms with Crippen LogP contribution in [-0.4, -0.2) is 17.4 Å². The predicted molar refractivity (Wildman–Crippen MR) is 153 cm³/mol. The summed E-state index contributed by atoms with van der Waals surface area (Å²) in [4.78, 5) is 7.21. The fourth-order valence-corrected chi connectivity index (χ4v) is 4.07. The number of aryl methyl sites for hydroxylation is 1. The van der Waals surface area contributed by atoms with Gasteiger partial charge in [-0.1, -0.05) is 44.9 Å². The second kappa shape index (κ2) is 17.8. The Kier molecular flexibility index (Phi) is 17.0. The summed E-state index contributed by atoms with van der Waals surface area (Å²) >= 11 is 6.15. The van der Waals surface area contributed by atoms with Crippen molar-refractivity contribution in [2.45, 2.75) is 72.4 Å². The molecule has 0 radical (unpaired) electrons. The predicted octanol–water partition coefficient (Wildman–Crippen LogP) is 10.7. The normalized spacial score (nSPS) is 13.0. The second-order valence-electron chi connectivity index (χ2n) is 8.97. The zero-order valence-corrected chi connectivity index (χ0v) is 28.7. The SMILES string of the molecule is CC/C=C(C)/N=C/C=C(\C)C(F)(F)F.CCCCc1c(C(C)c2cc[c-]c(F)c2F)[nH]c2ccc(Cl)cc12.[CH3-].[U+2]. The number of hydrogen-bond donors (Lipinski definition) is 1. The number of aromatic nitrogens is 1. The van der Waals surface area contributed by atoms with Crippen LogP contribution in [0, 0.1) is 56.2 Å². The molecule has 1 atom stereocenters. The van der Waals surface area contributed by atoms with Gasteiger partial charge < -0.3 is 12.4 Å². The van der Waals surface area contributed by atoms with Gasteiger partial charge in [0, 0.05) is 56.7 Å². The number of nitrogens with one attached hydrogen (secondary N) is 1. The van der Waals surface area contributed by atoms with Crippen molar-refractivity contribution in [3.63, 3.8) is 0 Å². The molecule has 1 unspecified atom stereocenters. The Hall–Kier alpha value is -1.88. The average molecular weight is 805 g/mol. The Morgan fingerprint density at radius 2 is 1.82 bits per heavy atom.